The molecule has 2 rings (SSSR count). The Kier molecular flexibility index (Phi) is 5.40. The van der Waals surface area contributed by atoms with E-state index in [9.17, 15) is 0 Å². The van der Waals surface area contributed by atoms with Gasteiger partial charge in [0, 0.05) is 6.04 Å². The third-order valence-corrected chi connectivity index (χ3v) is 3.71. The van der Waals surface area contributed by atoms with Crippen molar-refractivity contribution in [1.82, 2.24) is 0 Å². The van der Waals surface area contributed by atoms with Crippen molar-refractivity contribution < 1.29 is 4.74 Å². The highest BCUT2D eigenvalue weighted by atomic mass is 16.5. The first-order valence-corrected chi connectivity index (χ1v) is 7.65. The number of ether oxygens (including phenoxy) is 1. The van der Waals surface area contributed by atoms with E-state index in [1.165, 1.54) is 5.56 Å². The minimum Gasteiger partial charge on any atom is -0.488 e. The van der Waals surface area contributed by atoms with E-state index in [1.807, 2.05) is 25.1 Å². The predicted molar refractivity (Wildman–Crippen MR) is 93.0 cm³/mol. The second-order valence-electron chi connectivity index (χ2n) is 6.03. The summed E-state index contributed by atoms with van der Waals surface area (Å²) >= 11 is 0. The van der Waals surface area contributed by atoms with Crippen LogP contribution in [0.3, 0.4) is 0 Å². The van der Waals surface area contributed by atoms with Gasteiger partial charge in [-0.1, -0.05) is 48.0 Å². The maximum atomic E-state index is 6.25. The molecule has 2 heteroatoms. The van der Waals surface area contributed by atoms with Gasteiger partial charge in [-0.05, 0) is 49.4 Å². The summed E-state index contributed by atoms with van der Waals surface area (Å²) < 4.78 is 6.01. The fourth-order valence-corrected chi connectivity index (χ4v) is 2.65. The summed E-state index contributed by atoms with van der Waals surface area (Å²) in [5.41, 5.74) is 11.9. The highest BCUT2D eigenvalue weighted by Crippen LogP contribution is 2.29. The topological polar surface area (TPSA) is 35.2 Å². The summed E-state index contributed by atoms with van der Waals surface area (Å²) in [6.07, 6.45) is 0.809. The molecule has 2 N–H and O–H groups in total. The molecule has 116 valence electrons. The van der Waals surface area contributed by atoms with Gasteiger partial charge in [-0.3, -0.25) is 0 Å². The molecule has 2 aromatic rings. The Bertz CT molecular complexity index is 623. The van der Waals surface area contributed by atoms with Crippen LogP contribution in [-0.2, 0) is 6.61 Å². The van der Waals surface area contributed by atoms with Gasteiger partial charge in [0.1, 0.15) is 12.4 Å². The molecular formula is C20H25NO. The van der Waals surface area contributed by atoms with Crippen molar-refractivity contribution in [3.63, 3.8) is 0 Å². The van der Waals surface area contributed by atoms with Crippen LogP contribution in [-0.4, -0.2) is 0 Å². The first-order valence-electron chi connectivity index (χ1n) is 7.65. The molecule has 22 heavy (non-hydrogen) atoms. The third kappa shape index (κ3) is 4.22. The lowest BCUT2D eigenvalue weighted by Crippen LogP contribution is -2.11. The summed E-state index contributed by atoms with van der Waals surface area (Å²) in [6.45, 7) is 10.7. The van der Waals surface area contributed by atoms with Gasteiger partial charge in [-0.2, -0.15) is 0 Å². The van der Waals surface area contributed by atoms with Gasteiger partial charge in [-0.15, -0.1) is 6.58 Å². The van der Waals surface area contributed by atoms with Gasteiger partial charge >= 0.3 is 0 Å². The molecule has 2 aromatic carbocycles. The van der Waals surface area contributed by atoms with Crippen LogP contribution in [0.1, 0.15) is 41.6 Å². The molecule has 0 bridgehead atoms. The van der Waals surface area contributed by atoms with E-state index >= 15 is 0 Å². The molecule has 0 aliphatic heterocycles. The monoisotopic (exact) mass is 295 g/mol. The lowest BCUT2D eigenvalue weighted by molar-refractivity contribution is 0.302. The summed E-state index contributed by atoms with van der Waals surface area (Å²) in [4.78, 5) is 0. The van der Waals surface area contributed by atoms with Crippen molar-refractivity contribution in [1.29, 1.82) is 0 Å². The fraction of sp³-hybridized carbons (Fsp3) is 0.300. The Morgan fingerprint density at radius 3 is 2.27 bits per heavy atom. The van der Waals surface area contributed by atoms with Crippen LogP contribution in [0.2, 0.25) is 0 Å². The van der Waals surface area contributed by atoms with E-state index in [0.29, 0.717) is 6.61 Å². The van der Waals surface area contributed by atoms with Gasteiger partial charge in [0.25, 0.3) is 0 Å². The predicted octanol–water partition coefficient (Wildman–Crippen LogP) is 4.85. The van der Waals surface area contributed by atoms with Crippen molar-refractivity contribution >= 4 is 0 Å². The van der Waals surface area contributed by atoms with Crippen LogP contribution in [0.4, 0.5) is 0 Å². The molecule has 0 saturated heterocycles. The molecule has 0 aliphatic carbocycles. The Morgan fingerprint density at radius 2 is 1.73 bits per heavy atom. The van der Waals surface area contributed by atoms with Crippen LogP contribution < -0.4 is 10.5 Å². The van der Waals surface area contributed by atoms with Gasteiger partial charge in [0.15, 0.2) is 0 Å². The highest BCUT2D eigenvalue weighted by molar-refractivity contribution is 5.44. The first kappa shape index (κ1) is 16.3. The first-order chi connectivity index (χ1) is 10.5. The summed E-state index contributed by atoms with van der Waals surface area (Å²) in [7, 11) is 0. The van der Waals surface area contributed by atoms with Crippen molar-refractivity contribution in [3.8, 4) is 5.75 Å². The van der Waals surface area contributed by atoms with Crippen LogP contribution in [0.15, 0.2) is 54.6 Å². The second-order valence-corrected chi connectivity index (χ2v) is 6.03. The molecule has 0 radical (unpaired) electrons. The van der Waals surface area contributed by atoms with Gasteiger partial charge in [-0.25, -0.2) is 0 Å². The van der Waals surface area contributed by atoms with Crippen molar-refractivity contribution in [2.45, 2.75) is 39.8 Å². The molecule has 2 nitrogen and oxygen atoms in total. The Morgan fingerprint density at radius 1 is 1.14 bits per heavy atom. The quantitative estimate of drug-likeness (QED) is 0.773. The highest BCUT2D eigenvalue weighted by Gasteiger charge is 2.12. The molecule has 1 atom stereocenters. The van der Waals surface area contributed by atoms with E-state index in [4.69, 9.17) is 10.5 Å². The zero-order valence-corrected chi connectivity index (χ0v) is 13.7. The number of rotatable bonds is 6. The van der Waals surface area contributed by atoms with E-state index in [2.05, 4.69) is 44.7 Å². The molecule has 0 spiro atoms. The van der Waals surface area contributed by atoms with Crippen LogP contribution in [0.5, 0.6) is 5.75 Å². The van der Waals surface area contributed by atoms with Crippen LogP contribution in [0, 0.1) is 13.8 Å². The molecule has 0 unspecified atom stereocenters. The molecular weight excluding hydrogens is 270 g/mol. The Balaban J connectivity index is 2.14. The smallest absolute Gasteiger partial charge is 0.125 e. The molecule has 0 heterocycles. The summed E-state index contributed by atoms with van der Waals surface area (Å²) in [6, 6.07) is 14.5. The molecule has 0 amide bonds. The number of hydrogen-bond acceptors (Lipinski definition) is 2. The molecule has 0 aromatic heterocycles. The maximum absolute atomic E-state index is 6.25. The zero-order chi connectivity index (χ0) is 16.1. The number of benzene rings is 2. The molecule has 0 fully saturated rings. The summed E-state index contributed by atoms with van der Waals surface area (Å²) in [5, 5.41) is 0. The van der Waals surface area contributed by atoms with Gasteiger partial charge in [0.05, 0.1) is 0 Å². The lowest BCUT2D eigenvalue weighted by Gasteiger charge is -2.18. The van der Waals surface area contributed by atoms with Crippen LogP contribution >= 0.6 is 0 Å². The minimum atomic E-state index is -0.00178. The van der Waals surface area contributed by atoms with Crippen LogP contribution in [0.25, 0.3) is 0 Å². The zero-order valence-electron chi connectivity index (χ0n) is 13.7. The average molecular weight is 295 g/mol. The Labute approximate surface area is 133 Å². The number of nitrogens with two attached hydrogens (primary N) is 1. The third-order valence-electron chi connectivity index (χ3n) is 3.71. The standard InChI is InChI=1S/C20H25NO/c1-14(2)10-19(21)18-11-15(3)20(16(4)12-18)22-13-17-8-6-5-7-9-17/h5-9,11-12,19H,1,10,13,21H2,2-4H3/t19-/m1/s1. The normalized spacial score (nSPS) is 12.0. The van der Waals surface area contributed by atoms with Crippen molar-refractivity contribution in [2.24, 2.45) is 5.73 Å². The number of hydrogen-bond donors (Lipinski definition) is 1. The Hall–Kier alpha value is -2.06. The molecule has 0 saturated carbocycles. The average Bonchev–Trinajstić information content (AvgIpc) is 2.46. The SMILES string of the molecule is C=C(C)C[C@@H](N)c1cc(C)c(OCc2ccccc2)c(C)c1. The second kappa shape index (κ2) is 7.28. The fourth-order valence-electron chi connectivity index (χ4n) is 2.65. The van der Waals surface area contributed by atoms with E-state index < -0.39 is 0 Å². The van der Waals surface area contributed by atoms with Gasteiger partial charge in [0.2, 0.25) is 0 Å². The summed E-state index contributed by atoms with van der Waals surface area (Å²) in [5.74, 6) is 0.954. The van der Waals surface area contributed by atoms with E-state index in [0.717, 1.165) is 34.4 Å². The van der Waals surface area contributed by atoms with E-state index in [1.54, 1.807) is 0 Å². The number of aryl methyl sites for hydroxylation is 2. The molecule has 0 aliphatic rings. The maximum Gasteiger partial charge on any atom is 0.125 e. The van der Waals surface area contributed by atoms with Crippen molar-refractivity contribution in [3.05, 3.63) is 76.9 Å². The largest absolute Gasteiger partial charge is 0.488 e. The lowest BCUT2D eigenvalue weighted by atomic mass is 9.97. The van der Waals surface area contributed by atoms with Crippen molar-refractivity contribution in [2.75, 3.05) is 0 Å². The van der Waals surface area contributed by atoms with Gasteiger partial charge < -0.3 is 10.5 Å². The van der Waals surface area contributed by atoms with E-state index in [-0.39, 0.29) is 6.04 Å². The minimum absolute atomic E-state index is 0.00178.